The highest BCUT2D eigenvalue weighted by atomic mass is 16.3. The van der Waals surface area contributed by atoms with Crippen LogP contribution in [0.4, 0.5) is 5.82 Å². The Morgan fingerprint density at radius 3 is 2.54 bits per heavy atom. The quantitative estimate of drug-likeness (QED) is 0.196. The van der Waals surface area contributed by atoms with Gasteiger partial charge in [0.15, 0.2) is 0 Å². The summed E-state index contributed by atoms with van der Waals surface area (Å²) < 4.78 is 0. The number of para-hydroxylation sites is 1. The number of allylic oxidation sites excluding steroid dienone is 4. The fourth-order valence-corrected chi connectivity index (χ4v) is 4.08. The molecule has 0 spiro atoms. The number of aromatic nitrogens is 1. The molecule has 1 amide bonds. The second-order valence-corrected chi connectivity index (χ2v) is 9.15. The molecular formula is C30H43N3O2. The largest absolute Gasteiger partial charge is 0.507 e. The molecule has 0 radical (unpaired) electrons. The number of aromatic hydroxyl groups is 1. The number of carbonyl (C=O) groups is 1. The predicted octanol–water partition coefficient (Wildman–Crippen LogP) is 7.35. The molecule has 1 unspecified atom stereocenters. The lowest BCUT2D eigenvalue weighted by Gasteiger charge is -2.19. The molecule has 0 aliphatic heterocycles. The van der Waals surface area contributed by atoms with Crippen LogP contribution in [0.3, 0.4) is 0 Å². The lowest BCUT2D eigenvalue weighted by Crippen LogP contribution is -2.15. The Bertz CT molecular complexity index is 993. The molecule has 2 aromatic rings. The highest BCUT2D eigenvalue weighted by Gasteiger charge is 2.17. The van der Waals surface area contributed by atoms with Crippen LogP contribution in [0, 0.1) is 5.92 Å². The number of amides is 1. The first-order chi connectivity index (χ1) is 16.9. The van der Waals surface area contributed by atoms with Crippen LogP contribution in [-0.4, -0.2) is 29.1 Å². The van der Waals surface area contributed by atoms with Gasteiger partial charge in [-0.15, -0.1) is 0 Å². The van der Waals surface area contributed by atoms with Gasteiger partial charge in [0.25, 0.3) is 0 Å². The molecular weight excluding hydrogens is 434 g/mol. The van der Waals surface area contributed by atoms with Crippen molar-refractivity contribution in [3.05, 3.63) is 59.8 Å². The van der Waals surface area contributed by atoms with E-state index in [0.717, 1.165) is 54.6 Å². The number of nitrogens with zero attached hydrogens (tertiary/aromatic N) is 1. The van der Waals surface area contributed by atoms with E-state index in [4.69, 9.17) is 0 Å². The smallest absolute Gasteiger partial charge is 0.222 e. The van der Waals surface area contributed by atoms with Gasteiger partial charge in [0, 0.05) is 29.8 Å². The van der Waals surface area contributed by atoms with Crippen molar-refractivity contribution < 1.29 is 9.90 Å². The van der Waals surface area contributed by atoms with Gasteiger partial charge in [-0.3, -0.25) is 4.79 Å². The first-order valence-electron chi connectivity index (χ1n) is 13.0. The maximum Gasteiger partial charge on any atom is 0.222 e. The molecule has 35 heavy (non-hydrogen) atoms. The van der Waals surface area contributed by atoms with E-state index < -0.39 is 0 Å². The van der Waals surface area contributed by atoms with Crippen LogP contribution in [0.15, 0.2) is 54.3 Å². The molecule has 0 aliphatic carbocycles. The van der Waals surface area contributed by atoms with Gasteiger partial charge in [0.1, 0.15) is 11.6 Å². The average molecular weight is 478 g/mol. The summed E-state index contributed by atoms with van der Waals surface area (Å²) in [5.74, 6) is 0.914. The molecule has 1 heterocycles. The Kier molecular flexibility index (Phi) is 12.3. The number of benzene rings is 1. The number of pyridine rings is 1. The number of nitrogens with one attached hydrogen (secondary N) is 2. The van der Waals surface area contributed by atoms with Crippen LogP contribution in [0.25, 0.3) is 16.7 Å². The molecule has 5 heteroatoms. The molecule has 2 rings (SSSR count). The highest BCUT2D eigenvalue weighted by molar-refractivity contribution is 5.88. The Balaban J connectivity index is 2.25. The Hall–Kier alpha value is -2.92. The standard InChI is InChI=1S/C30H43N3O2/c1-6-18-31-19-11-9-10-13-24(8-3)20-28(22(4)7-2)27-15-12-14-26(30(27)35)25-16-17-29(32-21-25)33-23(5)34/h8,12,14-17,20-22,31,35H,6-7,9-11,13,18-19H2,1-5H3,(H,32,33,34)/b24-8-,28-20+. The molecule has 1 atom stereocenters. The number of unbranched alkanes of at least 4 members (excludes halogenated alkanes) is 2. The van der Waals surface area contributed by atoms with Crippen molar-refractivity contribution >= 4 is 17.3 Å². The van der Waals surface area contributed by atoms with Crippen LogP contribution in [0.2, 0.25) is 0 Å². The Morgan fingerprint density at radius 2 is 1.91 bits per heavy atom. The van der Waals surface area contributed by atoms with Gasteiger partial charge in [0.2, 0.25) is 5.91 Å². The third-order valence-corrected chi connectivity index (χ3v) is 6.33. The Morgan fingerprint density at radius 1 is 1.11 bits per heavy atom. The molecule has 3 N–H and O–H groups in total. The number of phenols is 1. The fourth-order valence-electron chi connectivity index (χ4n) is 4.08. The molecule has 0 fully saturated rings. The highest BCUT2D eigenvalue weighted by Crippen LogP contribution is 2.39. The zero-order chi connectivity index (χ0) is 25.6. The van der Waals surface area contributed by atoms with Crippen molar-refractivity contribution in [3.8, 4) is 16.9 Å². The monoisotopic (exact) mass is 477 g/mol. The van der Waals surface area contributed by atoms with Crippen LogP contribution >= 0.6 is 0 Å². The third-order valence-electron chi connectivity index (χ3n) is 6.33. The summed E-state index contributed by atoms with van der Waals surface area (Å²) in [5, 5.41) is 17.5. The summed E-state index contributed by atoms with van der Waals surface area (Å²) in [4.78, 5) is 15.6. The van der Waals surface area contributed by atoms with Gasteiger partial charge < -0.3 is 15.7 Å². The summed E-state index contributed by atoms with van der Waals surface area (Å²) in [6, 6.07) is 9.52. The number of carbonyl (C=O) groups excluding carboxylic acids is 1. The number of phenolic OH excluding ortho intramolecular Hbond substituents is 1. The molecule has 1 aromatic carbocycles. The van der Waals surface area contributed by atoms with Gasteiger partial charge in [-0.05, 0) is 75.7 Å². The number of anilines is 1. The predicted molar refractivity (Wildman–Crippen MR) is 148 cm³/mol. The number of hydrogen-bond acceptors (Lipinski definition) is 4. The van der Waals surface area contributed by atoms with Crippen LogP contribution in [-0.2, 0) is 4.79 Å². The van der Waals surface area contributed by atoms with E-state index in [2.05, 4.69) is 55.5 Å². The maximum absolute atomic E-state index is 11.3. The third kappa shape index (κ3) is 8.99. The van der Waals surface area contributed by atoms with E-state index in [9.17, 15) is 9.90 Å². The minimum Gasteiger partial charge on any atom is -0.507 e. The van der Waals surface area contributed by atoms with Crippen molar-refractivity contribution in [2.24, 2.45) is 5.92 Å². The lowest BCUT2D eigenvalue weighted by atomic mass is 9.87. The van der Waals surface area contributed by atoms with Gasteiger partial charge in [-0.2, -0.15) is 0 Å². The van der Waals surface area contributed by atoms with Gasteiger partial charge >= 0.3 is 0 Å². The zero-order valence-electron chi connectivity index (χ0n) is 22.2. The molecule has 0 aliphatic rings. The average Bonchev–Trinajstić information content (AvgIpc) is 2.85. The summed E-state index contributed by atoms with van der Waals surface area (Å²) in [5.41, 5.74) is 4.89. The van der Waals surface area contributed by atoms with E-state index in [1.165, 1.54) is 31.8 Å². The molecule has 190 valence electrons. The van der Waals surface area contributed by atoms with E-state index in [0.29, 0.717) is 11.7 Å². The van der Waals surface area contributed by atoms with Gasteiger partial charge in [-0.25, -0.2) is 4.98 Å². The van der Waals surface area contributed by atoms with Crippen molar-refractivity contribution in [1.29, 1.82) is 0 Å². The molecule has 0 saturated heterocycles. The summed E-state index contributed by atoms with van der Waals surface area (Å²) >= 11 is 0. The van der Waals surface area contributed by atoms with Crippen LogP contribution in [0.5, 0.6) is 5.75 Å². The van der Waals surface area contributed by atoms with E-state index in [-0.39, 0.29) is 11.7 Å². The SMILES string of the molecule is C/C=C(\C=C(\c1cccc(-c2ccc(NC(C)=O)nc2)c1O)C(C)CC)CCCCCNCCC. The summed E-state index contributed by atoms with van der Waals surface area (Å²) in [6.07, 6.45) is 12.9. The van der Waals surface area contributed by atoms with Crippen LogP contribution in [0.1, 0.15) is 78.7 Å². The first-order valence-corrected chi connectivity index (χ1v) is 13.0. The normalized spacial score (nSPS) is 13.1. The maximum atomic E-state index is 11.3. The fraction of sp³-hybridized carbons (Fsp3) is 0.467. The second kappa shape index (κ2) is 15.2. The minimum atomic E-state index is -0.161. The lowest BCUT2D eigenvalue weighted by molar-refractivity contribution is -0.114. The van der Waals surface area contributed by atoms with Crippen molar-refractivity contribution in [1.82, 2.24) is 10.3 Å². The molecule has 5 nitrogen and oxygen atoms in total. The summed E-state index contributed by atoms with van der Waals surface area (Å²) in [7, 11) is 0. The topological polar surface area (TPSA) is 74.2 Å². The molecule has 0 bridgehead atoms. The summed E-state index contributed by atoms with van der Waals surface area (Å²) in [6.45, 7) is 12.3. The second-order valence-electron chi connectivity index (χ2n) is 9.15. The van der Waals surface area contributed by atoms with Crippen LogP contribution < -0.4 is 10.6 Å². The van der Waals surface area contributed by atoms with Crippen molar-refractivity contribution in [3.63, 3.8) is 0 Å². The first kappa shape index (κ1) is 28.3. The molecule has 0 saturated carbocycles. The number of hydrogen-bond donors (Lipinski definition) is 3. The zero-order valence-corrected chi connectivity index (χ0v) is 22.2. The van der Waals surface area contributed by atoms with Gasteiger partial charge in [-0.1, -0.05) is 63.1 Å². The van der Waals surface area contributed by atoms with Gasteiger partial charge in [0.05, 0.1) is 0 Å². The minimum absolute atomic E-state index is 0.161. The number of rotatable bonds is 14. The van der Waals surface area contributed by atoms with Crippen molar-refractivity contribution in [2.75, 3.05) is 18.4 Å². The van der Waals surface area contributed by atoms with Crippen molar-refractivity contribution in [2.45, 2.75) is 73.1 Å². The van der Waals surface area contributed by atoms with E-state index in [1.807, 2.05) is 24.3 Å². The molecule has 1 aromatic heterocycles. The van der Waals surface area contributed by atoms with E-state index >= 15 is 0 Å². The Labute approximate surface area is 211 Å². The van der Waals surface area contributed by atoms with E-state index in [1.54, 1.807) is 12.3 Å².